The monoisotopic (exact) mass is 317 g/mol. The van der Waals surface area contributed by atoms with Crippen molar-refractivity contribution >= 4 is 11.7 Å². The number of hydrogen-bond acceptors (Lipinski definition) is 2. The van der Waals surface area contributed by atoms with Crippen molar-refractivity contribution in [2.45, 2.75) is 13.5 Å². The zero-order valence-corrected chi connectivity index (χ0v) is 13.5. The van der Waals surface area contributed by atoms with Gasteiger partial charge in [-0.25, -0.2) is 4.79 Å². The van der Waals surface area contributed by atoms with E-state index in [-0.39, 0.29) is 0 Å². The molecule has 0 atom stereocenters. The van der Waals surface area contributed by atoms with Gasteiger partial charge < -0.3 is 10.4 Å². The van der Waals surface area contributed by atoms with Gasteiger partial charge in [-0.05, 0) is 41.3 Å². The number of rotatable bonds is 5. The minimum atomic E-state index is -0.912. The van der Waals surface area contributed by atoms with Gasteiger partial charge in [0.25, 0.3) is 0 Å². The SMILES string of the molecule is Cc1ccc(C(=O)O)cc1NCc1ccc(-c2ccccc2)cc1. The summed E-state index contributed by atoms with van der Waals surface area (Å²) in [4.78, 5) is 11.1. The van der Waals surface area contributed by atoms with E-state index < -0.39 is 5.97 Å². The third kappa shape index (κ3) is 3.63. The van der Waals surface area contributed by atoms with Gasteiger partial charge in [-0.3, -0.25) is 0 Å². The Balaban J connectivity index is 1.71. The molecule has 0 saturated heterocycles. The first kappa shape index (κ1) is 15.8. The van der Waals surface area contributed by atoms with Crippen LogP contribution in [0.1, 0.15) is 21.5 Å². The zero-order valence-electron chi connectivity index (χ0n) is 13.5. The van der Waals surface area contributed by atoms with Gasteiger partial charge in [-0.1, -0.05) is 60.7 Å². The van der Waals surface area contributed by atoms with Crippen molar-refractivity contribution in [3.05, 3.63) is 89.5 Å². The summed E-state index contributed by atoms with van der Waals surface area (Å²) in [7, 11) is 0. The highest BCUT2D eigenvalue weighted by atomic mass is 16.4. The van der Waals surface area contributed by atoms with E-state index in [0.29, 0.717) is 12.1 Å². The maximum absolute atomic E-state index is 11.1. The van der Waals surface area contributed by atoms with Crippen molar-refractivity contribution in [1.82, 2.24) is 0 Å². The van der Waals surface area contributed by atoms with Crippen LogP contribution in [0.2, 0.25) is 0 Å². The number of aryl methyl sites for hydroxylation is 1. The van der Waals surface area contributed by atoms with Gasteiger partial charge >= 0.3 is 5.97 Å². The van der Waals surface area contributed by atoms with Gasteiger partial charge in [0.2, 0.25) is 0 Å². The second kappa shape index (κ2) is 7.01. The second-order valence-electron chi connectivity index (χ2n) is 5.75. The van der Waals surface area contributed by atoms with Crippen LogP contribution in [0.3, 0.4) is 0 Å². The fraction of sp³-hybridized carbons (Fsp3) is 0.0952. The highest BCUT2D eigenvalue weighted by molar-refractivity contribution is 5.89. The number of anilines is 1. The first-order valence-corrected chi connectivity index (χ1v) is 7.85. The lowest BCUT2D eigenvalue weighted by Crippen LogP contribution is -2.03. The van der Waals surface area contributed by atoms with E-state index in [1.54, 1.807) is 12.1 Å². The van der Waals surface area contributed by atoms with Gasteiger partial charge in [0.05, 0.1) is 5.56 Å². The highest BCUT2D eigenvalue weighted by Crippen LogP contribution is 2.21. The van der Waals surface area contributed by atoms with Crippen molar-refractivity contribution < 1.29 is 9.90 Å². The van der Waals surface area contributed by atoms with Gasteiger partial charge in [0.15, 0.2) is 0 Å². The maximum atomic E-state index is 11.1. The summed E-state index contributed by atoms with van der Waals surface area (Å²) >= 11 is 0. The Bertz CT molecular complexity index is 839. The first-order valence-electron chi connectivity index (χ1n) is 7.85. The first-order chi connectivity index (χ1) is 11.6. The molecular formula is C21H19NO2. The topological polar surface area (TPSA) is 49.3 Å². The largest absolute Gasteiger partial charge is 0.478 e. The Morgan fingerprint density at radius 1 is 0.917 bits per heavy atom. The van der Waals surface area contributed by atoms with Gasteiger partial charge in [-0.15, -0.1) is 0 Å². The number of carboxylic acid groups (broad SMARTS) is 1. The standard InChI is InChI=1S/C21H19NO2/c1-15-7-10-19(21(23)24)13-20(15)22-14-16-8-11-18(12-9-16)17-5-3-2-4-6-17/h2-13,22H,14H2,1H3,(H,23,24). The molecule has 0 aliphatic heterocycles. The number of carboxylic acids is 1. The molecule has 0 aliphatic carbocycles. The molecule has 0 radical (unpaired) electrons. The van der Waals surface area contributed by atoms with E-state index in [1.165, 1.54) is 11.1 Å². The summed E-state index contributed by atoms with van der Waals surface area (Å²) in [6.45, 7) is 2.62. The van der Waals surface area contributed by atoms with Crippen LogP contribution < -0.4 is 5.32 Å². The second-order valence-corrected chi connectivity index (χ2v) is 5.75. The fourth-order valence-corrected chi connectivity index (χ4v) is 2.59. The molecule has 0 bridgehead atoms. The van der Waals surface area contributed by atoms with E-state index in [0.717, 1.165) is 16.8 Å². The number of carbonyl (C=O) groups is 1. The quantitative estimate of drug-likeness (QED) is 0.698. The zero-order chi connectivity index (χ0) is 16.9. The fourth-order valence-electron chi connectivity index (χ4n) is 2.59. The van der Waals surface area contributed by atoms with Crippen LogP contribution in [0.15, 0.2) is 72.8 Å². The predicted molar refractivity (Wildman–Crippen MR) is 97.3 cm³/mol. The van der Waals surface area contributed by atoms with Crippen molar-refractivity contribution in [1.29, 1.82) is 0 Å². The van der Waals surface area contributed by atoms with Crippen LogP contribution in [0.25, 0.3) is 11.1 Å². The summed E-state index contributed by atoms with van der Waals surface area (Å²) in [5.74, 6) is -0.912. The lowest BCUT2D eigenvalue weighted by atomic mass is 10.0. The highest BCUT2D eigenvalue weighted by Gasteiger charge is 2.06. The molecule has 0 aliphatic rings. The van der Waals surface area contributed by atoms with Gasteiger partial charge in [0, 0.05) is 12.2 Å². The predicted octanol–water partition coefficient (Wildman–Crippen LogP) is 4.97. The van der Waals surface area contributed by atoms with E-state index in [2.05, 4.69) is 41.7 Å². The Morgan fingerprint density at radius 3 is 2.25 bits per heavy atom. The summed E-state index contributed by atoms with van der Waals surface area (Å²) in [5.41, 5.74) is 5.70. The van der Waals surface area contributed by atoms with Crippen LogP contribution in [-0.2, 0) is 6.54 Å². The molecular weight excluding hydrogens is 298 g/mol. The van der Waals surface area contributed by atoms with Crippen LogP contribution in [-0.4, -0.2) is 11.1 Å². The molecule has 3 aromatic rings. The van der Waals surface area contributed by atoms with Crippen molar-refractivity contribution in [3.63, 3.8) is 0 Å². The maximum Gasteiger partial charge on any atom is 0.335 e. The van der Waals surface area contributed by atoms with Crippen molar-refractivity contribution in [3.8, 4) is 11.1 Å². The lowest BCUT2D eigenvalue weighted by Gasteiger charge is -2.11. The molecule has 0 amide bonds. The summed E-state index contributed by atoms with van der Waals surface area (Å²) in [5, 5.41) is 12.4. The summed E-state index contributed by atoms with van der Waals surface area (Å²) < 4.78 is 0. The minimum absolute atomic E-state index is 0.294. The van der Waals surface area contributed by atoms with E-state index in [1.807, 2.05) is 31.2 Å². The smallest absolute Gasteiger partial charge is 0.335 e. The molecule has 0 heterocycles. The Hall–Kier alpha value is -3.07. The average molecular weight is 317 g/mol. The van der Waals surface area contributed by atoms with Crippen LogP contribution in [0, 0.1) is 6.92 Å². The molecule has 0 spiro atoms. The number of nitrogens with one attached hydrogen (secondary N) is 1. The molecule has 24 heavy (non-hydrogen) atoms. The number of benzene rings is 3. The van der Waals surface area contributed by atoms with Gasteiger partial charge in [-0.2, -0.15) is 0 Å². The third-order valence-electron chi connectivity index (χ3n) is 4.03. The summed E-state index contributed by atoms with van der Waals surface area (Å²) in [6.07, 6.45) is 0. The molecule has 3 aromatic carbocycles. The van der Waals surface area contributed by atoms with Crippen LogP contribution >= 0.6 is 0 Å². The molecule has 0 fully saturated rings. The molecule has 0 aromatic heterocycles. The van der Waals surface area contributed by atoms with E-state index >= 15 is 0 Å². The molecule has 0 saturated carbocycles. The molecule has 120 valence electrons. The Kier molecular flexibility index (Phi) is 4.62. The van der Waals surface area contributed by atoms with Crippen molar-refractivity contribution in [2.75, 3.05) is 5.32 Å². The van der Waals surface area contributed by atoms with Crippen molar-refractivity contribution in [2.24, 2.45) is 0 Å². The van der Waals surface area contributed by atoms with Crippen LogP contribution in [0.4, 0.5) is 5.69 Å². The minimum Gasteiger partial charge on any atom is -0.478 e. The molecule has 3 rings (SSSR count). The van der Waals surface area contributed by atoms with Gasteiger partial charge in [0.1, 0.15) is 0 Å². The van der Waals surface area contributed by atoms with E-state index in [4.69, 9.17) is 5.11 Å². The Labute approximate surface area is 141 Å². The third-order valence-corrected chi connectivity index (χ3v) is 4.03. The Morgan fingerprint density at radius 2 is 1.58 bits per heavy atom. The average Bonchev–Trinajstić information content (AvgIpc) is 2.62. The normalized spacial score (nSPS) is 10.4. The molecule has 3 heteroatoms. The molecule has 2 N–H and O–H groups in total. The molecule has 3 nitrogen and oxygen atoms in total. The number of aromatic carboxylic acids is 1. The van der Waals surface area contributed by atoms with E-state index in [9.17, 15) is 4.79 Å². The number of hydrogen-bond donors (Lipinski definition) is 2. The van der Waals surface area contributed by atoms with Crippen LogP contribution in [0.5, 0.6) is 0 Å². The molecule has 0 unspecified atom stereocenters. The lowest BCUT2D eigenvalue weighted by molar-refractivity contribution is 0.0697. The summed E-state index contributed by atoms with van der Waals surface area (Å²) in [6, 6.07) is 23.8.